The molecule has 0 saturated heterocycles. The van der Waals surface area contributed by atoms with Crippen LogP contribution in [0.15, 0.2) is 18.2 Å². The third kappa shape index (κ3) is 12.1. The van der Waals surface area contributed by atoms with E-state index in [9.17, 15) is 19.2 Å². The van der Waals surface area contributed by atoms with Gasteiger partial charge < -0.3 is 25.0 Å². The fraction of sp³-hybridized carbons (Fsp3) is 0.667. The molecule has 9 nitrogen and oxygen atoms in total. The van der Waals surface area contributed by atoms with Crippen molar-refractivity contribution < 1.29 is 28.7 Å². The summed E-state index contributed by atoms with van der Waals surface area (Å²) < 4.78 is 10.3. The summed E-state index contributed by atoms with van der Waals surface area (Å²) in [7, 11) is 0. The Balaban J connectivity index is 3.34. The fourth-order valence-corrected chi connectivity index (χ4v) is 4.19. The van der Waals surface area contributed by atoms with Gasteiger partial charge in [-0.1, -0.05) is 50.8 Å². The summed E-state index contributed by atoms with van der Waals surface area (Å²) in [6.45, 7) is 15.3. The maximum absolute atomic E-state index is 13.8. The van der Waals surface area contributed by atoms with E-state index in [-0.39, 0.29) is 31.4 Å². The van der Waals surface area contributed by atoms with E-state index in [4.69, 9.17) is 9.47 Å². The molecule has 2 unspecified atom stereocenters. The van der Waals surface area contributed by atoms with Gasteiger partial charge in [-0.05, 0) is 71.6 Å². The smallest absolute Gasteiger partial charge is 0.408 e. The number of nitrogens with zero attached hydrogens (tertiary/aromatic N) is 1. The largest absolute Gasteiger partial charge is 0.466 e. The van der Waals surface area contributed by atoms with E-state index in [0.717, 1.165) is 36.8 Å². The zero-order valence-electron chi connectivity index (χ0n) is 25.1. The number of nitrogens with one attached hydrogen (secondary N) is 2. The van der Waals surface area contributed by atoms with Crippen molar-refractivity contribution in [3.05, 3.63) is 34.9 Å². The van der Waals surface area contributed by atoms with E-state index in [0.29, 0.717) is 18.5 Å². The zero-order valence-corrected chi connectivity index (χ0v) is 25.1. The van der Waals surface area contributed by atoms with Gasteiger partial charge in [-0.25, -0.2) is 4.79 Å². The number of benzene rings is 1. The monoisotopic (exact) mass is 547 g/mol. The molecular formula is C30H49N3O6. The number of rotatable bonds is 15. The number of carbonyl (C=O) groups is 4. The second kappa shape index (κ2) is 16.8. The maximum atomic E-state index is 13.8. The lowest BCUT2D eigenvalue weighted by molar-refractivity contribution is -0.144. The Morgan fingerprint density at radius 1 is 1.00 bits per heavy atom. The summed E-state index contributed by atoms with van der Waals surface area (Å²) in [4.78, 5) is 53.4. The molecule has 0 spiro atoms. The number of amides is 3. The average molecular weight is 548 g/mol. The van der Waals surface area contributed by atoms with Crippen molar-refractivity contribution in [3.8, 4) is 0 Å². The van der Waals surface area contributed by atoms with Crippen LogP contribution in [0, 0.1) is 13.8 Å². The van der Waals surface area contributed by atoms with E-state index in [2.05, 4.69) is 17.6 Å². The van der Waals surface area contributed by atoms with Crippen molar-refractivity contribution in [1.29, 1.82) is 0 Å². The Labute approximate surface area is 234 Å². The van der Waals surface area contributed by atoms with Gasteiger partial charge in [0.15, 0.2) is 0 Å². The molecular weight excluding hydrogens is 498 g/mol. The van der Waals surface area contributed by atoms with Crippen LogP contribution in [0.1, 0.15) is 103 Å². The lowest BCUT2D eigenvalue weighted by Gasteiger charge is -2.34. The topological polar surface area (TPSA) is 114 Å². The summed E-state index contributed by atoms with van der Waals surface area (Å²) in [5, 5.41) is 5.45. The lowest BCUT2D eigenvalue weighted by Crippen LogP contribution is -2.52. The van der Waals surface area contributed by atoms with Crippen molar-refractivity contribution in [2.45, 2.75) is 112 Å². The summed E-state index contributed by atoms with van der Waals surface area (Å²) in [6, 6.07) is 3.81. The number of hydrogen-bond acceptors (Lipinski definition) is 6. The highest BCUT2D eigenvalue weighted by Gasteiger charge is 2.35. The summed E-state index contributed by atoms with van der Waals surface area (Å²) in [6.07, 6.45) is 4.17. The number of ether oxygens (including phenoxy) is 2. The van der Waals surface area contributed by atoms with E-state index in [1.165, 1.54) is 0 Å². The first-order valence-corrected chi connectivity index (χ1v) is 14.1. The number of aryl methyl sites for hydroxylation is 1. The van der Waals surface area contributed by atoms with Gasteiger partial charge in [0.05, 0.1) is 13.0 Å². The second-order valence-corrected chi connectivity index (χ2v) is 10.9. The standard InChI is InChI=1S/C30H49N3O6/c1-9-11-12-13-14-20-33(28(36)23(5)32-29(37)39-30(6,7)8)26(24-17-15-16-21(3)22(24)4)27(35)31-19-18-25(34)38-10-2/h15-17,23,26H,9-14,18-20H2,1-8H3,(H,31,35)(H,32,37). The molecule has 2 N–H and O–H groups in total. The summed E-state index contributed by atoms with van der Waals surface area (Å²) in [5.41, 5.74) is 1.88. The van der Waals surface area contributed by atoms with Crippen LogP contribution >= 0.6 is 0 Å². The van der Waals surface area contributed by atoms with Crippen molar-refractivity contribution in [2.75, 3.05) is 19.7 Å². The van der Waals surface area contributed by atoms with Gasteiger partial charge in [0.1, 0.15) is 17.7 Å². The number of hydrogen-bond donors (Lipinski definition) is 2. The molecule has 39 heavy (non-hydrogen) atoms. The van der Waals surface area contributed by atoms with Crippen LogP contribution in [0.4, 0.5) is 4.79 Å². The third-order valence-electron chi connectivity index (χ3n) is 6.32. The van der Waals surface area contributed by atoms with Gasteiger partial charge in [0, 0.05) is 13.1 Å². The van der Waals surface area contributed by atoms with Gasteiger partial charge in [-0.15, -0.1) is 0 Å². The van der Waals surface area contributed by atoms with E-state index < -0.39 is 29.7 Å². The Bertz CT molecular complexity index is 957. The molecule has 0 fully saturated rings. The van der Waals surface area contributed by atoms with Crippen LogP contribution in [-0.2, 0) is 23.9 Å². The van der Waals surface area contributed by atoms with E-state index in [1.54, 1.807) is 39.5 Å². The zero-order chi connectivity index (χ0) is 29.6. The van der Waals surface area contributed by atoms with Crippen LogP contribution in [0.2, 0.25) is 0 Å². The van der Waals surface area contributed by atoms with Crippen LogP contribution < -0.4 is 10.6 Å². The molecule has 3 amide bonds. The van der Waals surface area contributed by atoms with Crippen LogP contribution in [0.5, 0.6) is 0 Å². The molecule has 220 valence electrons. The fourth-order valence-electron chi connectivity index (χ4n) is 4.19. The van der Waals surface area contributed by atoms with Crippen molar-refractivity contribution in [2.24, 2.45) is 0 Å². The highest BCUT2D eigenvalue weighted by atomic mass is 16.6. The normalized spacial score (nSPS) is 12.7. The van der Waals surface area contributed by atoms with Crippen LogP contribution in [0.25, 0.3) is 0 Å². The van der Waals surface area contributed by atoms with Crippen molar-refractivity contribution >= 4 is 23.9 Å². The molecule has 1 aromatic carbocycles. The molecule has 0 radical (unpaired) electrons. The van der Waals surface area contributed by atoms with Gasteiger partial charge >= 0.3 is 12.1 Å². The molecule has 0 bridgehead atoms. The first-order valence-electron chi connectivity index (χ1n) is 14.1. The van der Waals surface area contributed by atoms with Gasteiger partial charge in [-0.2, -0.15) is 0 Å². The lowest BCUT2D eigenvalue weighted by atomic mass is 9.94. The summed E-state index contributed by atoms with van der Waals surface area (Å²) in [5.74, 6) is -1.18. The minimum Gasteiger partial charge on any atom is -0.466 e. The molecule has 0 aliphatic heterocycles. The minimum atomic E-state index is -0.936. The Morgan fingerprint density at radius 2 is 1.67 bits per heavy atom. The van der Waals surface area contributed by atoms with E-state index in [1.807, 2.05) is 32.0 Å². The third-order valence-corrected chi connectivity index (χ3v) is 6.32. The highest BCUT2D eigenvalue weighted by Crippen LogP contribution is 2.28. The molecule has 0 aliphatic rings. The van der Waals surface area contributed by atoms with Crippen molar-refractivity contribution in [3.63, 3.8) is 0 Å². The first-order chi connectivity index (χ1) is 18.3. The number of alkyl carbamates (subject to hydrolysis) is 1. The predicted molar refractivity (Wildman–Crippen MR) is 152 cm³/mol. The van der Waals surface area contributed by atoms with Crippen LogP contribution in [-0.4, -0.2) is 60.1 Å². The Hall–Kier alpha value is -3.10. The molecule has 1 aromatic rings. The van der Waals surface area contributed by atoms with Gasteiger partial charge in [0.2, 0.25) is 11.8 Å². The molecule has 0 saturated carbocycles. The highest BCUT2D eigenvalue weighted by molar-refractivity contribution is 5.92. The molecule has 2 atom stereocenters. The molecule has 9 heteroatoms. The van der Waals surface area contributed by atoms with Gasteiger partial charge in [-0.3, -0.25) is 14.4 Å². The van der Waals surface area contributed by atoms with E-state index >= 15 is 0 Å². The van der Waals surface area contributed by atoms with Crippen molar-refractivity contribution in [1.82, 2.24) is 15.5 Å². The summed E-state index contributed by atoms with van der Waals surface area (Å²) >= 11 is 0. The van der Waals surface area contributed by atoms with Gasteiger partial charge in [0.25, 0.3) is 0 Å². The predicted octanol–water partition coefficient (Wildman–Crippen LogP) is 5.13. The molecule has 0 heterocycles. The quantitative estimate of drug-likeness (QED) is 0.233. The second-order valence-electron chi connectivity index (χ2n) is 10.9. The molecule has 0 aliphatic carbocycles. The Kier molecular flexibility index (Phi) is 14.6. The number of unbranched alkanes of at least 4 members (excludes halogenated alkanes) is 4. The maximum Gasteiger partial charge on any atom is 0.408 e. The molecule has 1 rings (SSSR count). The first kappa shape index (κ1) is 33.9. The SMILES string of the molecule is CCCCCCCN(C(=O)C(C)NC(=O)OC(C)(C)C)C(C(=O)NCCC(=O)OCC)c1cccc(C)c1C. The average Bonchev–Trinajstić information content (AvgIpc) is 2.83. The van der Waals surface area contributed by atoms with Crippen LogP contribution in [0.3, 0.4) is 0 Å². The molecule has 0 aromatic heterocycles. The minimum absolute atomic E-state index is 0.0284. The Morgan fingerprint density at radius 3 is 2.28 bits per heavy atom. The number of carbonyl (C=O) groups excluding carboxylic acids is 4. The number of esters is 1.